The molecule has 0 aliphatic carbocycles. The molecule has 0 radical (unpaired) electrons. The number of amides is 2. The van der Waals surface area contributed by atoms with Gasteiger partial charge < -0.3 is 24.3 Å². The number of carbonyl (C=O) groups is 2. The maximum Gasteiger partial charge on any atom is 0.268 e. The molecule has 2 aromatic carbocycles. The van der Waals surface area contributed by atoms with Gasteiger partial charge in [-0.2, -0.15) is 0 Å². The third-order valence-electron chi connectivity index (χ3n) is 6.91. The van der Waals surface area contributed by atoms with Gasteiger partial charge in [-0.25, -0.2) is 0 Å². The number of hydrogen-bond donors (Lipinski definition) is 0. The Morgan fingerprint density at radius 2 is 1.45 bits per heavy atom. The lowest BCUT2D eigenvalue weighted by atomic mass is 10.1. The first-order valence-corrected chi connectivity index (χ1v) is 12.0. The first-order chi connectivity index (χ1) is 16.1. The lowest BCUT2D eigenvalue weighted by molar-refractivity contribution is -0.127. The highest BCUT2D eigenvalue weighted by Crippen LogP contribution is 2.32. The van der Waals surface area contributed by atoms with Gasteiger partial charge in [0.2, 0.25) is 5.91 Å². The van der Waals surface area contributed by atoms with Crippen LogP contribution in [0.25, 0.3) is 0 Å². The highest BCUT2D eigenvalue weighted by Gasteiger charge is 2.32. The van der Waals surface area contributed by atoms with E-state index in [1.54, 1.807) is 0 Å². The zero-order chi connectivity index (χ0) is 22.8. The summed E-state index contributed by atoms with van der Waals surface area (Å²) in [5.41, 5.74) is 2.82. The smallest absolute Gasteiger partial charge is 0.268 e. The summed E-state index contributed by atoms with van der Waals surface area (Å²) in [6, 6.07) is 15.8. The summed E-state index contributed by atoms with van der Waals surface area (Å²) in [6.45, 7) is 5.39. The van der Waals surface area contributed by atoms with Gasteiger partial charge in [0.05, 0.1) is 5.69 Å². The van der Waals surface area contributed by atoms with Crippen molar-refractivity contribution in [2.45, 2.75) is 31.8 Å². The van der Waals surface area contributed by atoms with E-state index in [1.165, 1.54) is 0 Å². The Morgan fingerprint density at radius 3 is 2.15 bits per heavy atom. The molecule has 2 amide bonds. The highest BCUT2D eigenvalue weighted by molar-refractivity contribution is 5.98. The average Bonchev–Trinajstić information content (AvgIpc) is 3.27. The normalized spacial score (nSPS) is 22.2. The Bertz CT molecular complexity index is 1000. The number of nitrogens with zero attached hydrogens (tertiary/aromatic N) is 4. The standard InChI is InChI=1S/C26H32N4O3/c1-27-16-18-28(19-17-27)22-6-2-3-7-23(22)33-24-8-4-15-30(26(24)32)21-12-10-20(11-13-21)29-14-5-9-25(29)31/h2-3,6-7,10-13,24H,4-5,8-9,14-19H2,1H3. The molecule has 33 heavy (non-hydrogen) atoms. The summed E-state index contributed by atoms with van der Waals surface area (Å²) in [6.07, 6.45) is 2.62. The number of piperidine rings is 1. The highest BCUT2D eigenvalue weighted by atomic mass is 16.5. The number of anilines is 3. The molecule has 3 saturated heterocycles. The molecule has 7 nitrogen and oxygen atoms in total. The van der Waals surface area contributed by atoms with Crippen molar-refractivity contribution in [2.75, 3.05) is 61.0 Å². The van der Waals surface area contributed by atoms with Crippen molar-refractivity contribution >= 4 is 28.9 Å². The Kier molecular flexibility index (Phi) is 6.22. The van der Waals surface area contributed by atoms with Crippen molar-refractivity contribution in [1.29, 1.82) is 0 Å². The van der Waals surface area contributed by atoms with Crippen LogP contribution in [0.5, 0.6) is 5.75 Å². The second-order valence-electron chi connectivity index (χ2n) is 9.16. The maximum absolute atomic E-state index is 13.4. The van der Waals surface area contributed by atoms with Gasteiger partial charge in [0.1, 0.15) is 5.75 Å². The van der Waals surface area contributed by atoms with Gasteiger partial charge in [-0.3, -0.25) is 9.59 Å². The zero-order valence-corrected chi connectivity index (χ0v) is 19.3. The molecule has 1 atom stereocenters. The molecule has 1 unspecified atom stereocenters. The Balaban J connectivity index is 1.29. The lowest BCUT2D eigenvalue weighted by Gasteiger charge is -2.36. The summed E-state index contributed by atoms with van der Waals surface area (Å²) in [5, 5.41) is 0. The lowest BCUT2D eigenvalue weighted by Crippen LogP contribution is -2.47. The number of ether oxygens (including phenoxy) is 1. The van der Waals surface area contributed by atoms with E-state index in [4.69, 9.17) is 4.74 Å². The van der Waals surface area contributed by atoms with Gasteiger partial charge in [-0.1, -0.05) is 12.1 Å². The molecule has 3 aliphatic rings. The summed E-state index contributed by atoms with van der Waals surface area (Å²) >= 11 is 0. The SMILES string of the molecule is CN1CCN(c2ccccc2OC2CCCN(c3ccc(N4CCCC4=O)cc3)C2=O)CC1. The molecule has 0 spiro atoms. The van der Waals surface area contributed by atoms with E-state index < -0.39 is 6.10 Å². The van der Waals surface area contributed by atoms with Crippen molar-refractivity contribution in [3.05, 3.63) is 48.5 Å². The van der Waals surface area contributed by atoms with Crippen molar-refractivity contribution in [2.24, 2.45) is 0 Å². The van der Waals surface area contributed by atoms with E-state index in [0.29, 0.717) is 19.4 Å². The average molecular weight is 449 g/mol. The molecule has 7 heteroatoms. The quantitative estimate of drug-likeness (QED) is 0.704. The van der Waals surface area contributed by atoms with Crippen molar-refractivity contribution in [1.82, 2.24) is 4.90 Å². The van der Waals surface area contributed by atoms with Crippen LogP contribution in [0.4, 0.5) is 17.1 Å². The van der Waals surface area contributed by atoms with E-state index in [-0.39, 0.29) is 11.8 Å². The van der Waals surface area contributed by atoms with Crippen molar-refractivity contribution < 1.29 is 14.3 Å². The molecule has 174 valence electrons. The van der Waals surface area contributed by atoms with Crippen LogP contribution in [-0.4, -0.2) is 69.1 Å². The largest absolute Gasteiger partial charge is 0.478 e. The van der Waals surface area contributed by atoms with Crippen LogP contribution in [0, 0.1) is 0 Å². The number of para-hydroxylation sites is 2. The van der Waals surface area contributed by atoms with Gasteiger partial charge in [0, 0.05) is 57.1 Å². The predicted molar refractivity (Wildman–Crippen MR) is 130 cm³/mol. The molecule has 3 aliphatic heterocycles. The first-order valence-electron chi connectivity index (χ1n) is 12.0. The van der Waals surface area contributed by atoms with Gasteiger partial charge >= 0.3 is 0 Å². The van der Waals surface area contributed by atoms with Gasteiger partial charge in [-0.15, -0.1) is 0 Å². The van der Waals surface area contributed by atoms with Crippen LogP contribution in [0.3, 0.4) is 0 Å². The van der Waals surface area contributed by atoms with Crippen LogP contribution >= 0.6 is 0 Å². The third-order valence-corrected chi connectivity index (χ3v) is 6.91. The molecular weight excluding hydrogens is 416 g/mol. The fourth-order valence-corrected chi connectivity index (χ4v) is 4.96. The molecule has 3 fully saturated rings. The van der Waals surface area contributed by atoms with Crippen molar-refractivity contribution in [3.63, 3.8) is 0 Å². The number of rotatable bonds is 5. The van der Waals surface area contributed by atoms with Crippen molar-refractivity contribution in [3.8, 4) is 5.75 Å². The molecule has 3 heterocycles. The van der Waals surface area contributed by atoms with E-state index in [0.717, 1.165) is 68.4 Å². The topological polar surface area (TPSA) is 56.3 Å². The Labute approximate surface area is 195 Å². The van der Waals surface area contributed by atoms with Gasteiger partial charge in [0.15, 0.2) is 6.10 Å². The summed E-state index contributed by atoms with van der Waals surface area (Å²) in [7, 11) is 2.14. The second-order valence-corrected chi connectivity index (χ2v) is 9.16. The number of carbonyl (C=O) groups excluding carboxylic acids is 2. The zero-order valence-electron chi connectivity index (χ0n) is 19.3. The second kappa shape index (κ2) is 9.43. The predicted octanol–water partition coefficient (Wildman–Crippen LogP) is 3.14. The number of likely N-dealkylation sites (N-methyl/N-ethyl adjacent to an activating group) is 1. The van der Waals surface area contributed by atoms with Crippen LogP contribution in [0.15, 0.2) is 48.5 Å². The van der Waals surface area contributed by atoms with E-state index in [1.807, 2.05) is 52.3 Å². The summed E-state index contributed by atoms with van der Waals surface area (Å²) in [5.74, 6) is 0.953. The maximum atomic E-state index is 13.4. The first kappa shape index (κ1) is 21.8. The minimum absolute atomic E-state index is 0.000528. The van der Waals surface area contributed by atoms with Gasteiger partial charge in [-0.05, 0) is 62.7 Å². The van der Waals surface area contributed by atoms with Crippen LogP contribution in [-0.2, 0) is 9.59 Å². The number of benzene rings is 2. The fourth-order valence-electron chi connectivity index (χ4n) is 4.96. The minimum Gasteiger partial charge on any atom is -0.478 e. The summed E-state index contributed by atoms with van der Waals surface area (Å²) < 4.78 is 6.35. The number of hydrogen-bond acceptors (Lipinski definition) is 5. The molecule has 0 bridgehead atoms. The third kappa shape index (κ3) is 4.55. The Hall–Kier alpha value is -3.06. The van der Waals surface area contributed by atoms with Crippen LogP contribution in [0.2, 0.25) is 0 Å². The Morgan fingerprint density at radius 1 is 0.788 bits per heavy atom. The molecule has 5 rings (SSSR count). The molecular formula is C26H32N4O3. The molecule has 0 saturated carbocycles. The monoisotopic (exact) mass is 448 g/mol. The number of piperazine rings is 1. The molecule has 0 N–H and O–H groups in total. The van der Waals surface area contributed by atoms with E-state index >= 15 is 0 Å². The van der Waals surface area contributed by atoms with E-state index in [9.17, 15) is 9.59 Å². The van der Waals surface area contributed by atoms with Crippen LogP contribution < -0.4 is 19.4 Å². The molecule has 0 aromatic heterocycles. The van der Waals surface area contributed by atoms with Crippen LogP contribution in [0.1, 0.15) is 25.7 Å². The van der Waals surface area contributed by atoms with Gasteiger partial charge in [0.25, 0.3) is 5.91 Å². The minimum atomic E-state index is -0.493. The summed E-state index contributed by atoms with van der Waals surface area (Å²) in [4.78, 5) is 33.7. The fraction of sp³-hybridized carbons (Fsp3) is 0.462. The van der Waals surface area contributed by atoms with E-state index in [2.05, 4.69) is 22.9 Å². The molecule has 2 aromatic rings.